The van der Waals surface area contributed by atoms with Gasteiger partial charge in [0, 0.05) is 43.8 Å². The molecule has 4 rings (SSSR count). The van der Waals surface area contributed by atoms with E-state index in [1.165, 1.54) is 11.1 Å². The van der Waals surface area contributed by atoms with Crippen LogP contribution in [0.25, 0.3) is 0 Å². The summed E-state index contributed by atoms with van der Waals surface area (Å²) in [5, 5.41) is 0.335. The molecular weight excluding hydrogens is 420 g/mol. The summed E-state index contributed by atoms with van der Waals surface area (Å²) in [6, 6.07) is 15.9. The van der Waals surface area contributed by atoms with E-state index in [-0.39, 0.29) is 5.91 Å². The number of amides is 1. The Bertz CT molecular complexity index is 1030. The molecule has 1 amide bonds. The fourth-order valence-electron chi connectivity index (χ4n) is 4.32. The van der Waals surface area contributed by atoms with Gasteiger partial charge in [0.05, 0.1) is 0 Å². The van der Waals surface area contributed by atoms with Crippen molar-refractivity contribution in [3.63, 3.8) is 0 Å². The first-order valence-corrected chi connectivity index (χ1v) is 11.5. The molecule has 0 spiro atoms. The summed E-state index contributed by atoms with van der Waals surface area (Å²) in [7, 11) is 0. The Kier molecular flexibility index (Phi) is 7.51. The Hall–Kier alpha value is -2.76. The van der Waals surface area contributed by atoms with Crippen LogP contribution < -0.4 is 0 Å². The summed E-state index contributed by atoms with van der Waals surface area (Å²) in [6.45, 7) is 6.54. The molecule has 0 N–H and O–H groups in total. The van der Waals surface area contributed by atoms with Crippen LogP contribution in [0.3, 0.4) is 0 Å². The number of hydrogen-bond acceptors (Lipinski definition) is 4. The number of likely N-dealkylation sites (tertiary alicyclic amines) is 1. The van der Waals surface area contributed by atoms with Gasteiger partial charge in [-0.1, -0.05) is 41.9 Å². The third-order valence-electron chi connectivity index (χ3n) is 6.20. The number of halogens is 1. The predicted octanol–water partition coefficient (Wildman–Crippen LogP) is 4.99. The fraction of sp³-hybridized carbons (Fsp3) is 0.346. The van der Waals surface area contributed by atoms with Crippen molar-refractivity contribution in [3.05, 3.63) is 94.5 Å². The minimum atomic E-state index is -0.0134. The summed E-state index contributed by atoms with van der Waals surface area (Å²) in [6.07, 6.45) is 7.33. The highest BCUT2D eigenvalue weighted by Crippen LogP contribution is 2.23. The summed E-state index contributed by atoms with van der Waals surface area (Å²) >= 11 is 6.04. The zero-order chi connectivity index (χ0) is 22.3. The number of carbonyl (C=O) groups is 1. The molecule has 0 radical (unpaired) electrons. The second-order valence-electron chi connectivity index (χ2n) is 8.56. The number of aromatic nitrogens is 2. The molecule has 6 heteroatoms. The van der Waals surface area contributed by atoms with E-state index in [4.69, 9.17) is 11.6 Å². The Morgan fingerprint density at radius 2 is 1.94 bits per heavy atom. The molecular formula is C26H29ClN4O. The highest BCUT2D eigenvalue weighted by atomic mass is 35.5. The number of pyridine rings is 2. The summed E-state index contributed by atoms with van der Waals surface area (Å²) in [5.41, 5.74) is 4.34. The summed E-state index contributed by atoms with van der Waals surface area (Å²) in [5.74, 6) is 0.460. The summed E-state index contributed by atoms with van der Waals surface area (Å²) in [4.78, 5) is 26.0. The molecule has 0 aliphatic carbocycles. The topological polar surface area (TPSA) is 49.3 Å². The lowest BCUT2D eigenvalue weighted by molar-refractivity contribution is 0.0671. The van der Waals surface area contributed by atoms with Crippen LogP contribution in [0, 0.1) is 12.8 Å². The van der Waals surface area contributed by atoms with Gasteiger partial charge < -0.3 is 4.90 Å². The molecule has 32 heavy (non-hydrogen) atoms. The van der Waals surface area contributed by atoms with Crippen molar-refractivity contribution in [3.8, 4) is 0 Å². The van der Waals surface area contributed by atoms with Gasteiger partial charge in [0.15, 0.2) is 0 Å². The van der Waals surface area contributed by atoms with Gasteiger partial charge >= 0.3 is 0 Å². The van der Waals surface area contributed by atoms with Crippen molar-refractivity contribution in [1.29, 1.82) is 0 Å². The lowest BCUT2D eigenvalue weighted by atomic mass is 9.95. The van der Waals surface area contributed by atoms with Crippen LogP contribution in [-0.4, -0.2) is 45.3 Å². The van der Waals surface area contributed by atoms with E-state index in [0.717, 1.165) is 44.6 Å². The lowest BCUT2D eigenvalue weighted by Gasteiger charge is -2.35. The molecule has 1 aliphatic heterocycles. The first-order chi connectivity index (χ1) is 15.6. The first-order valence-electron chi connectivity index (χ1n) is 11.1. The number of hydrogen-bond donors (Lipinski definition) is 0. The average molecular weight is 449 g/mol. The van der Waals surface area contributed by atoms with Crippen molar-refractivity contribution in [2.75, 3.05) is 19.6 Å². The molecule has 1 saturated heterocycles. The van der Waals surface area contributed by atoms with Crippen LogP contribution in [0.15, 0.2) is 67.1 Å². The maximum atomic E-state index is 13.3. The maximum Gasteiger partial charge on any atom is 0.254 e. The van der Waals surface area contributed by atoms with Gasteiger partial charge in [0.2, 0.25) is 0 Å². The van der Waals surface area contributed by atoms with Gasteiger partial charge in [-0.25, -0.2) is 4.98 Å². The van der Waals surface area contributed by atoms with E-state index in [9.17, 15) is 4.79 Å². The van der Waals surface area contributed by atoms with Crippen molar-refractivity contribution in [2.45, 2.75) is 32.9 Å². The quantitative estimate of drug-likeness (QED) is 0.477. The van der Waals surface area contributed by atoms with E-state index < -0.39 is 0 Å². The van der Waals surface area contributed by atoms with Gasteiger partial charge in [-0.05, 0) is 73.7 Å². The van der Waals surface area contributed by atoms with Gasteiger partial charge in [0.25, 0.3) is 5.91 Å². The van der Waals surface area contributed by atoms with E-state index in [0.29, 0.717) is 23.2 Å². The van der Waals surface area contributed by atoms with Crippen molar-refractivity contribution in [1.82, 2.24) is 19.8 Å². The molecule has 3 heterocycles. The molecule has 0 atom stereocenters. The van der Waals surface area contributed by atoms with E-state index in [2.05, 4.69) is 46.1 Å². The van der Waals surface area contributed by atoms with Crippen LogP contribution in [0.1, 0.15) is 39.9 Å². The minimum absolute atomic E-state index is 0.0134. The van der Waals surface area contributed by atoms with Crippen LogP contribution in [-0.2, 0) is 13.1 Å². The molecule has 1 aromatic carbocycles. The van der Waals surface area contributed by atoms with Gasteiger partial charge in [-0.15, -0.1) is 0 Å². The second kappa shape index (κ2) is 10.7. The number of piperidine rings is 1. The van der Waals surface area contributed by atoms with Crippen molar-refractivity contribution >= 4 is 17.5 Å². The number of benzene rings is 1. The molecule has 5 nitrogen and oxygen atoms in total. The zero-order valence-corrected chi connectivity index (χ0v) is 19.2. The molecule has 1 aliphatic rings. The third-order valence-corrected chi connectivity index (χ3v) is 6.40. The summed E-state index contributed by atoms with van der Waals surface area (Å²) < 4.78 is 0. The highest BCUT2D eigenvalue weighted by Gasteiger charge is 2.25. The van der Waals surface area contributed by atoms with Gasteiger partial charge in [0.1, 0.15) is 5.15 Å². The monoisotopic (exact) mass is 448 g/mol. The Labute approximate surface area is 195 Å². The largest absolute Gasteiger partial charge is 0.334 e. The minimum Gasteiger partial charge on any atom is -0.334 e. The van der Waals surface area contributed by atoms with Crippen LogP contribution in [0.4, 0.5) is 0 Å². The zero-order valence-electron chi connectivity index (χ0n) is 18.5. The van der Waals surface area contributed by atoms with E-state index in [1.807, 2.05) is 23.2 Å². The Balaban J connectivity index is 1.41. The van der Waals surface area contributed by atoms with Gasteiger partial charge in [-0.3, -0.25) is 14.7 Å². The predicted molar refractivity (Wildman–Crippen MR) is 127 cm³/mol. The molecule has 0 saturated carbocycles. The Morgan fingerprint density at radius 1 is 1.12 bits per heavy atom. The lowest BCUT2D eigenvalue weighted by Crippen LogP contribution is -2.40. The van der Waals surface area contributed by atoms with E-state index >= 15 is 0 Å². The average Bonchev–Trinajstić information content (AvgIpc) is 2.81. The molecule has 2 aromatic heterocycles. The number of nitrogens with zero attached hydrogens (tertiary/aromatic N) is 4. The number of rotatable bonds is 7. The van der Waals surface area contributed by atoms with Crippen LogP contribution >= 0.6 is 11.6 Å². The first kappa shape index (κ1) is 22.4. The third kappa shape index (κ3) is 5.93. The Morgan fingerprint density at radius 3 is 2.66 bits per heavy atom. The normalized spacial score (nSPS) is 14.9. The smallest absolute Gasteiger partial charge is 0.254 e. The molecule has 3 aromatic rings. The highest BCUT2D eigenvalue weighted by molar-refractivity contribution is 6.29. The van der Waals surface area contributed by atoms with Crippen molar-refractivity contribution in [2.24, 2.45) is 5.92 Å². The van der Waals surface area contributed by atoms with Crippen LogP contribution in [0.5, 0.6) is 0 Å². The van der Waals surface area contributed by atoms with Gasteiger partial charge in [-0.2, -0.15) is 0 Å². The molecule has 0 unspecified atom stereocenters. The molecule has 0 bridgehead atoms. The fourth-order valence-corrected chi connectivity index (χ4v) is 4.49. The number of carbonyl (C=O) groups excluding carboxylic acids is 1. The SMILES string of the molecule is Cc1ccccc1CN1CCC(CN(Cc2cccnc2)C(=O)c2ccnc(Cl)c2)CC1. The van der Waals surface area contributed by atoms with E-state index in [1.54, 1.807) is 24.5 Å². The van der Waals surface area contributed by atoms with Crippen LogP contribution in [0.2, 0.25) is 5.15 Å². The molecule has 1 fully saturated rings. The molecule has 166 valence electrons. The maximum absolute atomic E-state index is 13.3. The second-order valence-corrected chi connectivity index (χ2v) is 8.95. The number of aryl methyl sites for hydroxylation is 1. The van der Waals surface area contributed by atoms with Crippen molar-refractivity contribution < 1.29 is 4.79 Å². The standard InChI is InChI=1S/C26H29ClN4O/c1-20-5-2-3-7-24(20)19-30-13-9-21(10-14-30)17-31(18-22-6-4-11-28-16-22)26(32)23-8-12-29-25(27)15-23/h2-8,11-12,15-16,21H,9-10,13-14,17-19H2,1H3.